The minimum absolute atomic E-state index is 1.03. The zero-order chi connectivity index (χ0) is 15.4. The van der Waals surface area contributed by atoms with E-state index in [9.17, 15) is 0 Å². The molecule has 2 nitrogen and oxygen atoms in total. The molecule has 0 aliphatic carbocycles. The number of aryl methyl sites for hydroxylation is 3. The van der Waals surface area contributed by atoms with E-state index in [1.807, 2.05) is 6.20 Å². The molecule has 0 fully saturated rings. The summed E-state index contributed by atoms with van der Waals surface area (Å²) in [4.78, 5) is 6.99. The second kappa shape index (κ2) is 6.75. The third-order valence-corrected chi connectivity index (χ3v) is 4.12. The van der Waals surface area contributed by atoms with Gasteiger partial charge in [0.2, 0.25) is 0 Å². The van der Waals surface area contributed by atoms with E-state index in [0.29, 0.717) is 0 Å². The van der Waals surface area contributed by atoms with Crippen LogP contribution in [0.1, 0.15) is 37.0 Å². The SMILES string of the molecule is CCCN(C)c1cnc(-c2ccc(C)c(C)c2)cc1CC. The van der Waals surface area contributed by atoms with Gasteiger partial charge >= 0.3 is 0 Å². The number of pyridine rings is 1. The lowest BCUT2D eigenvalue weighted by Gasteiger charge is -2.21. The standard InChI is InChI=1S/C19H26N2/c1-6-10-21(5)19-13-20-18(12-16(19)7-2)17-9-8-14(3)15(4)11-17/h8-9,11-13H,6-7,10H2,1-5H3. The minimum atomic E-state index is 1.03. The van der Waals surface area contributed by atoms with Gasteiger partial charge in [0.1, 0.15) is 0 Å². The van der Waals surface area contributed by atoms with Crippen molar-refractivity contribution in [2.75, 3.05) is 18.5 Å². The Kier molecular flexibility index (Phi) is 5.00. The first-order chi connectivity index (χ1) is 10.1. The summed E-state index contributed by atoms with van der Waals surface area (Å²) < 4.78 is 0. The Bertz CT molecular complexity index is 617. The van der Waals surface area contributed by atoms with Crippen LogP contribution in [0.5, 0.6) is 0 Å². The van der Waals surface area contributed by atoms with Crippen molar-refractivity contribution in [1.29, 1.82) is 0 Å². The van der Waals surface area contributed by atoms with E-state index in [1.54, 1.807) is 0 Å². The van der Waals surface area contributed by atoms with Crippen LogP contribution < -0.4 is 4.90 Å². The van der Waals surface area contributed by atoms with Crippen molar-refractivity contribution >= 4 is 5.69 Å². The number of benzene rings is 1. The first-order valence-electron chi connectivity index (χ1n) is 7.84. The lowest BCUT2D eigenvalue weighted by molar-refractivity contribution is 0.842. The predicted molar refractivity (Wildman–Crippen MR) is 92.1 cm³/mol. The summed E-state index contributed by atoms with van der Waals surface area (Å²) in [6, 6.07) is 8.81. The van der Waals surface area contributed by atoms with E-state index in [0.717, 1.165) is 25.1 Å². The Morgan fingerprint density at radius 1 is 1.05 bits per heavy atom. The quantitative estimate of drug-likeness (QED) is 0.785. The molecule has 2 aromatic rings. The van der Waals surface area contributed by atoms with Crippen molar-refractivity contribution in [1.82, 2.24) is 4.98 Å². The van der Waals surface area contributed by atoms with Crippen LogP contribution in [-0.2, 0) is 6.42 Å². The smallest absolute Gasteiger partial charge is 0.0706 e. The van der Waals surface area contributed by atoms with Gasteiger partial charge in [-0.1, -0.05) is 26.0 Å². The Morgan fingerprint density at radius 2 is 1.81 bits per heavy atom. The normalized spacial score (nSPS) is 10.7. The van der Waals surface area contributed by atoms with Crippen LogP contribution in [-0.4, -0.2) is 18.6 Å². The summed E-state index contributed by atoms with van der Waals surface area (Å²) in [5, 5.41) is 0. The second-order valence-electron chi connectivity index (χ2n) is 5.77. The van der Waals surface area contributed by atoms with Gasteiger partial charge < -0.3 is 4.90 Å². The number of hydrogen-bond acceptors (Lipinski definition) is 2. The van der Waals surface area contributed by atoms with E-state index < -0.39 is 0 Å². The second-order valence-corrected chi connectivity index (χ2v) is 5.77. The van der Waals surface area contributed by atoms with Crippen molar-refractivity contribution < 1.29 is 0 Å². The highest BCUT2D eigenvalue weighted by atomic mass is 15.1. The Morgan fingerprint density at radius 3 is 2.43 bits per heavy atom. The molecule has 0 N–H and O–H groups in total. The molecule has 1 heterocycles. The molecular weight excluding hydrogens is 256 g/mol. The molecule has 0 atom stereocenters. The van der Waals surface area contributed by atoms with E-state index in [-0.39, 0.29) is 0 Å². The largest absolute Gasteiger partial charge is 0.373 e. The maximum Gasteiger partial charge on any atom is 0.0706 e. The zero-order valence-electron chi connectivity index (χ0n) is 13.9. The van der Waals surface area contributed by atoms with Crippen LogP contribution in [0, 0.1) is 13.8 Å². The monoisotopic (exact) mass is 282 g/mol. The molecule has 0 radical (unpaired) electrons. The summed E-state index contributed by atoms with van der Waals surface area (Å²) in [7, 11) is 2.15. The highest BCUT2D eigenvalue weighted by molar-refractivity contribution is 5.65. The molecule has 2 rings (SSSR count). The molecule has 0 unspecified atom stereocenters. The number of aromatic nitrogens is 1. The lowest BCUT2D eigenvalue weighted by Crippen LogP contribution is -2.19. The molecule has 0 aliphatic heterocycles. The van der Waals surface area contributed by atoms with Crippen molar-refractivity contribution in [3.8, 4) is 11.3 Å². The van der Waals surface area contributed by atoms with Gasteiger partial charge in [-0.25, -0.2) is 0 Å². The molecular formula is C19H26N2. The maximum atomic E-state index is 4.69. The van der Waals surface area contributed by atoms with E-state index >= 15 is 0 Å². The van der Waals surface area contributed by atoms with Gasteiger partial charge in [-0.05, 0) is 55.5 Å². The fourth-order valence-electron chi connectivity index (χ4n) is 2.63. The number of anilines is 1. The minimum Gasteiger partial charge on any atom is -0.373 e. The predicted octanol–water partition coefficient (Wildman–Crippen LogP) is 4.77. The molecule has 1 aromatic carbocycles. The molecule has 112 valence electrons. The molecule has 21 heavy (non-hydrogen) atoms. The van der Waals surface area contributed by atoms with E-state index in [1.165, 1.54) is 27.9 Å². The van der Waals surface area contributed by atoms with Gasteiger partial charge in [0.05, 0.1) is 17.6 Å². The fourth-order valence-corrected chi connectivity index (χ4v) is 2.63. The van der Waals surface area contributed by atoms with Gasteiger partial charge in [0.25, 0.3) is 0 Å². The molecule has 0 aliphatic rings. The van der Waals surface area contributed by atoms with Crippen molar-refractivity contribution in [2.45, 2.75) is 40.5 Å². The molecule has 0 spiro atoms. The van der Waals surface area contributed by atoms with Gasteiger partial charge in [-0.15, -0.1) is 0 Å². The molecule has 0 bridgehead atoms. The average molecular weight is 282 g/mol. The molecule has 0 saturated carbocycles. The number of hydrogen-bond donors (Lipinski definition) is 0. The van der Waals surface area contributed by atoms with Crippen LogP contribution in [0.15, 0.2) is 30.5 Å². The van der Waals surface area contributed by atoms with E-state index in [4.69, 9.17) is 0 Å². The first-order valence-corrected chi connectivity index (χ1v) is 7.84. The third kappa shape index (κ3) is 3.44. The van der Waals surface area contributed by atoms with Crippen molar-refractivity contribution in [2.24, 2.45) is 0 Å². The van der Waals surface area contributed by atoms with Crippen molar-refractivity contribution in [3.05, 3.63) is 47.2 Å². The molecule has 1 aromatic heterocycles. The number of nitrogens with zero attached hydrogens (tertiary/aromatic N) is 2. The van der Waals surface area contributed by atoms with Gasteiger partial charge in [0.15, 0.2) is 0 Å². The van der Waals surface area contributed by atoms with Crippen LogP contribution in [0.2, 0.25) is 0 Å². The van der Waals surface area contributed by atoms with Gasteiger partial charge in [-0.3, -0.25) is 4.98 Å². The Hall–Kier alpha value is -1.83. The van der Waals surface area contributed by atoms with Gasteiger partial charge in [-0.2, -0.15) is 0 Å². The number of rotatable bonds is 5. The van der Waals surface area contributed by atoms with Crippen LogP contribution in [0.25, 0.3) is 11.3 Å². The summed E-state index contributed by atoms with van der Waals surface area (Å²) in [6.07, 6.45) is 4.21. The maximum absolute atomic E-state index is 4.69. The van der Waals surface area contributed by atoms with Crippen LogP contribution in [0.3, 0.4) is 0 Å². The summed E-state index contributed by atoms with van der Waals surface area (Å²) >= 11 is 0. The topological polar surface area (TPSA) is 16.1 Å². The molecule has 0 amide bonds. The Labute approximate surface area is 128 Å². The fraction of sp³-hybridized carbons (Fsp3) is 0.421. The lowest BCUT2D eigenvalue weighted by atomic mass is 10.0. The van der Waals surface area contributed by atoms with Crippen LogP contribution >= 0.6 is 0 Å². The van der Waals surface area contributed by atoms with Crippen LogP contribution in [0.4, 0.5) is 5.69 Å². The third-order valence-electron chi connectivity index (χ3n) is 4.12. The zero-order valence-corrected chi connectivity index (χ0v) is 13.9. The van der Waals surface area contributed by atoms with Gasteiger partial charge in [0, 0.05) is 19.2 Å². The molecule has 2 heteroatoms. The molecule has 0 saturated heterocycles. The first kappa shape index (κ1) is 15.6. The van der Waals surface area contributed by atoms with Crippen molar-refractivity contribution in [3.63, 3.8) is 0 Å². The average Bonchev–Trinajstić information content (AvgIpc) is 2.49. The summed E-state index contributed by atoms with van der Waals surface area (Å²) in [6.45, 7) is 9.79. The van der Waals surface area contributed by atoms with E-state index in [2.05, 4.69) is 68.9 Å². The summed E-state index contributed by atoms with van der Waals surface area (Å²) in [5.41, 5.74) is 7.55. The highest BCUT2D eigenvalue weighted by Gasteiger charge is 2.09. The summed E-state index contributed by atoms with van der Waals surface area (Å²) in [5.74, 6) is 0. The Balaban J connectivity index is 2.40. The highest BCUT2D eigenvalue weighted by Crippen LogP contribution is 2.26.